The number of rotatable bonds is 7. The monoisotopic (exact) mass is 375 g/mol. The van der Waals surface area contributed by atoms with Crippen LogP contribution in [0.4, 0.5) is 0 Å². The topological polar surface area (TPSA) is 59.0 Å². The molecule has 2 rings (SSSR count). The summed E-state index contributed by atoms with van der Waals surface area (Å²) in [4.78, 5) is 14.4. The maximum absolute atomic E-state index is 12.1. The van der Waals surface area contributed by atoms with Crippen molar-refractivity contribution in [1.82, 2.24) is 4.90 Å². The van der Waals surface area contributed by atoms with Crippen LogP contribution in [0.25, 0.3) is 6.08 Å². The third kappa shape index (κ3) is 5.64. The smallest absolute Gasteiger partial charge is 0.338 e. The maximum Gasteiger partial charge on any atom is 0.338 e. The van der Waals surface area contributed by atoms with Crippen LogP contribution in [-0.2, 0) is 9.47 Å². The van der Waals surface area contributed by atoms with E-state index in [0.717, 1.165) is 18.4 Å². The first-order valence-corrected chi connectivity index (χ1v) is 9.48. The van der Waals surface area contributed by atoms with Gasteiger partial charge in [-0.15, -0.1) is 0 Å². The van der Waals surface area contributed by atoms with Crippen molar-refractivity contribution in [3.63, 3.8) is 0 Å². The fourth-order valence-electron chi connectivity index (χ4n) is 3.70. The highest BCUT2D eigenvalue weighted by Gasteiger charge is 2.43. The molecule has 1 atom stereocenters. The molecule has 0 radical (unpaired) electrons. The minimum atomic E-state index is -0.840. The number of carbonyl (C=O) groups is 1. The molecule has 0 aromatic heterocycles. The molecular weight excluding hydrogens is 342 g/mol. The van der Waals surface area contributed by atoms with Gasteiger partial charge in [0.2, 0.25) is 0 Å². The van der Waals surface area contributed by atoms with E-state index in [9.17, 15) is 9.90 Å². The van der Waals surface area contributed by atoms with Gasteiger partial charge in [-0.3, -0.25) is 4.90 Å². The summed E-state index contributed by atoms with van der Waals surface area (Å²) < 4.78 is 11.2. The predicted octanol–water partition coefficient (Wildman–Crippen LogP) is 3.52. The Morgan fingerprint density at radius 3 is 2.30 bits per heavy atom. The van der Waals surface area contributed by atoms with Crippen LogP contribution < -0.4 is 0 Å². The van der Waals surface area contributed by atoms with Gasteiger partial charge in [0.15, 0.2) is 0 Å². The third-order valence-corrected chi connectivity index (χ3v) is 5.58. The minimum absolute atomic E-state index is 0.0292. The van der Waals surface area contributed by atoms with Gasteiger partial charge in [0.1, 0.15) is 12.7 Å². The van der Waals surface area contributed by atoms with E-state index in [0.29, 0.717) is 5.56 Å². The van der Waals surface area contributed by atoms with E-state index in [1.807, 2.05) is 0 Å². The van der Waals surface area contributed by atoms with E-state index >= 15 is 0 Å². The summed E-state index contributed by atoms with van der Waals surface area (Å²) in [6.07, 6.45) is 2.74. The Labute approximate surface area is 163 Å². The average molecular weight is 376 g/mol. The predicted molar refractivity (Wildman–Crippen MR) is 108 cm³/mol. The van der Waals surface area contributed by atoms with Crippen LogP contribution in [0.3, 0.4) is 0 Å². The van der Waals surface area contributed by atoms with Crippen LogP contribution in [0, 0.1) is 0 Å². The second kappa shape index (κ2) is 8.55. The molecule has 27 heavy (non-hydrogen) atoms. The number of hydrogen-bond acceptors (Lipinski definition) is 5. The average Bonchev–Trinajstić information content (AvgIpc) is 2.62. The second-order valence-electron chi connectivity index (χ2n) is 8.63. The molecule has 0 spiro atoms. The van der Waals surface area contributed by atoms with Crippen LogP contribution in [0.5, 0.6) is 0 Å². The molecule has 1 unspecified atom stereocenters. The van der Waals surface area contributed by atoms with Gasteiger partial charge in [0.25, 0.3) is 0 Å². The summed E-state index contributed by atoms with van der Waals surface area (Å²) in [5, 5.41) is 10.1. The molecule has 0 bridgehead atoms. The molecule has 1 aromatic rings. The number of likely N-dealkylation sites (tertiary alicyclic amines) is 1. The summed E-state index contributed by atoms with van der Waals surface area (Å²) in [5.74, 6) is -0.453. The number of aliphatic hydroxyl groups is 1. The number of aliphatic hydroxyl groups excluding tert-OH is 1. The molecule has 150 valence electrons. The van der Waals surface area contributed by atoms with Gasteiger partial charge in [-0.1, -0.05) is 24.8 Å². The highest BCUT2D eigenvalue weighted by molar-refractivity contribution is 5.89. The van der Waals surface area contributed by atoms with E-state index in [-0.39, 0.29) is 30.4 Å². The number of benzene rings is 1. The highest BCUT2D eigenvalue weighted by Crippen LogP contribution is 2.38. The van der Waals surface area contributed by atoms with Gasteiger partial charge >= 0.3 is 5.97 Å². The summed E-state index contributed by atoms with van der Waals surface area (Å²) in [6.45, 7) is 12.6. The van der Waals surface area contributed by atoms with Gasteiger partial charge in [0.05, 0.1) is 18.3 Å². The van der Waals surface area contributed by atoms with E-state index in [2.05, 4.69) is 46.2 Å². The lowest BCUT2D eigenvalue weighted by atomic mass is 9.79. The van der Waals surface area contributed by atoms with Crippen LogP contribution in [0.2, 0.25) is 0 Å². The maximum atomic E-state index is 12.1. The van der Waals surface area contributed by atoms with Gasteiger partial charge in [0, 0.05) is 11.1 Å². The zero-order chi connectivity index (χ0) is 20.2. The molecule has 5 heteroatoms. The molecule has 0 amide bonds. The van der Waals surface area contributed by atoms with Crippen molar-refractivity contribution >= 4 is 12.0 Å². The Morgan fingerprint density at radius 2 is 1.78 bits per heavy atom. The Hall–Kier alpha value is -1.69. The van der Waals surface area contributed by atoms with E-state index in [1.54, 1.807) is 30.3 Å². The standard InChI is InChI=1S/C22H33NO4/c1-7-16-8-10-17(11-9-16)20(25)27-15-18(24)14-26-19-12-21(2,3)23(6)22(4,5)13-19/h7-11,18-19,24H,1,12-15H2,2-6H3. The first kappa shape index (κ1) is 21.6. The zero-order valence-corrected chi connectivity index (χ0v) is 17.2. The van der Waals surface area contributed by atoms with Crippen LogP contribution in [-0.4, -0.2) is 59.5 Å². The molecule has 1 aliphatic rings. The van der Waals surface area contributed by atoms with Gasteiger partial charge < -0.3 is 14.6 Å². The normalized spacial score (nSPS) is 20.8. The molecule has 1 aromatic carbocycles. The van der Waals surface area contributed by atoms with Crippen LogP contribution in [0.15, 0.2) is 30.8 Å². The number of esters is 1. The molecule has 0 saturated carbocycles. The van der Waals surface area contributed by atoms with Gasteiger partial charge in [-0.25, -0.2) is 4.79 Å². The van der Waals surface area contributed by atoms with Crippen molar-refractivity contribution in [2.45, 2.75) is 63.8 Å². The fourth-order valence-corrected chi connectivity index (χ4v) is 3.70. The fraction of sp³-hybridized carbons (Fsp3) is 0.591. The van der Waals surface area contributed by atoms with Gasteiger partial charge in [-0.2, -0.15) is 0 Å². The minimum Gasteiger partial charge on any atom is -0.459 e. The molecule has 1 aliphatic heterocycles. The Kier molecular flexibility index (Phi) is 6.84. The van der Waals surface area contributed by atoms with E-state index < -0.39 is 12.1 Å². The van der Waals surface area contributed by atoms with Gasteiger partial charge in [-0.05, 0) is 65.3 Å². The quantitative estimate of drug-likeness (QED) is 0.739. The number of hydrogen-bond donors (Lipinski definition) is 1. The summed E-state index contributed by atoms with van der Waals surface area (Å²) in [5.41, 5.74) is 1.44. The number of carbonyl (C=O) groups excluding carboxylic acids is 1. The lowest BCUT2D eigenvalue weighted by Crippen LogP contribution is -2.60. The molecular formula is C22H33NO4. The van der Waals surface area contributed by atoms with Crippen LogP contribution in [0.1, 0.15) is 56.5 Å². The largest absolute Gasteiger partial charge is 0.459 e. The molecule has 1 N–H and O–H groups in total. The SMILES string of the molecule is C=Cc1ccc(C(=O)OCC(O)COC2CC(C)(C)N(C)C(C)(C)C2)cc1. The second-order valence-corrected chi connectivity index (χ2v) is 8.63. The summed E-state index contributed by atoms with van der Waals surface area (Å²) >= 11 is 0. The van der Waals surface area contributed by atoms with Crippen molar-refractivity contribution in [3.8, 4) is 0 Å². The van der Waals surface area contributed by atoms with Crippen molar-refractivity contribution in [3.05, 3.63) is 42.0 Å². The Bertz CT molecular complexity index is 633. The highest BCUT2D eigenvalue weighted by atomic mass is 16.5. The van der Waals surface area contributed by atoms with E-state index in [1.165, 1.54) is 0 Å². The lowest BCUT2D eigenvalue weighted by Gasteiger charge is -2.53. The lowest BCUT2D eigenvalue weighted by molar-refractivity contribution is -0.110. The molecule has 1 saturated heterocycles. The zero-order valence-electron chi connectivity index (χ0n) is 17.2. The van der Waals surface area contributed by atoms with Crippen molar-refractivity contribution < 1.29 is 19.4 Å². The molecule has 5 nitrogen and oxygen atoms in total. The van der Waals surface area contributed by atoms with Crippen LogP contribution >= 0.6 is 0 Å². The van der Waals surface area contributed by atoms with Crippen molar-refractivity contribution in [2.75, 3.05) is 20.3 Å². The Morgan fingerprint density at radius 1 is 1.22 bits per heavy atom. The summed E-state index contributed by atoms with van der Waals surface area (Å²) in [6, 6.07) is 6.97. The number of nitrogens with zero attached hydrogens (tertiary/aromatic N) is 1. The molecule has 1 fully saturated rings. The van der Waals surface area contributed by atoms with Crippen molar-refractivity contribution in [1.29, 1.82) is 0 Å². The van der Waals surface area contributed by atoms with E-state index in [4.69, 9.17) is 9.47 Å². The number of ether oxygens (including phenoxy) is 2. The first-order chi connectivity index (χ1) is 12.5. The molecule has 0 aliphatic carbocycles. The Balaban J connectivity index is 1.79. The summed E-state index contributed by atoms with van der Waals surface area (Å²) in [7, 11) is 2.14. The van der Waals surface area contributed by atoms with Crippen molar-refractivity contribution in [2.24, 2.45) is 0 Å². The number of piperidine rings is 1. The third-order valence-electron chi connectivity index (χ3n) is 5.58. The molecule has 1 heterocycles. The first-order valence-electron chi connectivity index (χ1n) is 9.48.